The molecule has 0 saturated heterocycles. The SMILES string of the molecule is Nc1nc(NCCc2ncc[nH]2)c2[nH]cnc2n1. The second kappa shape index (κ2) is 4.32. The molecule has 0 radical (unpaired) electrons. The van der Waals surface area contributed by atoms with Gasteiger partial charge in [0, 0.05) is 25.4 Å². The molecule has 0 spiro atoms. The highest BCUT2D eigenvalue weighted by atomic mass is 15.1. The van der Waals surface area contributed by atoms with Crippen molar-refractivity contribution in [2.24, 2.45) is 0 Å². The first-order valence-corrected chi connectivity index (χ1v) is 5.51. The Hall–Kier alpha value is -2.64. The minimum Gasteiger partial charge on any atom is -0.368 e. The first-order valence-electron chi connectivity index (χ1n) is 5.51. The average Bonchev–Trinajstić information content (AvgIpc) is 2.98. The Labute approximate surface area is 102 Å². The Morgan fingerprint density at radius 1 is 1.22 bits per heavy atom. The number of rotatable bonds is 4. The lowest BCUT2D eigenvalue weighted by atomic mass is 10.4. The molecule has 0 aliphatic heterocycles. The average molecular weight is 244 g/mol. The number of nitrogens with two attached hydrogens (primary N) is 1. The van der Waals surface area contributed by atoms with Crippen LogP contribution in [0.3, 0.4) is 0 Å². The zero-order valence-electron chi connectivity index (χ0n) is 9.51. The van der Waals surface area contributed by atoms with Gasteiger partial charge in [0.25, 0.3) is 0 Å². The van der Waals surface area contributed by atoms with Crippen LogP contribution in [-0.2, 0) is 6.42 Å². The Morgan fingerprint density at radius 2 is 2.17 bits per heavy atom. The maximum Gasteiger partial charge on any atom is 0.224 e. The highest BCUT2D eigenvalue weighted by Crippen LogP contribution is 2.16. The van der Waals surface area contributed by atoms with Gasteiger partial charge in [-0.25, -0.2) is 9.97 Å². The third-order valence-electron chi connectivity index (χ3n) is 2.51. The monoisotopic (exact) mass is 244 g/mol. The molecule has 8 nitrogen and oxygen atoms in total. The van der Waals surface area contributed by atoms with Crippen LogP contribution in [0.2, 0.25) is 0 Å². The summed E-state index contributed by atoms with van der Waals surface area (Å²) in [6, 6.07) is 0. The number of imidazole rings is 2. The molecule has 18 heavy (non-hydrogen) atoms. The van der Waals surface area contributed by atoms with E-state index in [1.807, 2.05) is 0 Å². The molecule has 0 fully saturated rings. The predicted octanol–water partition coefficient (Wildman–Crippen LogP) is 0.313. The van der Waals surface area contributed by atoms with Crippen molar-refractivity contribution in [3.8, 4) is 0 Å². The highest BCUT2D eigenvalue weighted by Gasteiger charge is 2.07. The van der Waals surface area contributed by atoms with Gasteiger partial charge >= 0.3 is 0 Å². The van der Waals surface area contributed by atoms with Crippen LogP contribution in [0, 0.1) is 0 Å². The number of nitrogen functional groups attached to an aromatic ring is 1. The smallest absolute Gasteiger partial charge is 0.224 e. The van der Waals surface area contributed by atoms with Crippen molar-refractivity contribution < 1.29 is 0 Å². The summed E-state index contributed by atoms with van der Waals surface area (Å²) < 4.78 is 0. The van der Waals surface area contributed by atoms with Gasteiger partial charge in [-0.1, -0.05) is 0 Å². The van der Waals surface area contributed by atoms with Gasteiger partial charge in [-0.3, -0.25) is 0 Å². The number of hydrogen-bond donors (Lipinski definition) is 4. The topological polar surface area (TPSA) is 121 Å². The lowest BCUT2D eigenvalue weighted by Gasteiger charge is -2.05. The van der Waals surface area contributed by atoms with E-state index in [1.54, 1.807) is 18.7 Å². The first kappa shape index (κ1) is 10.5. The van der Waals surface area contributed by atoms with Gasteiger partial charge < -0.3 is 21.0 Å². The third kappa shape index (κ3) is 1.95. The summed E-state index contributed by atoms with van der Waals surface area (Å²) in [6.07, 6.45) is 5.86. The quantitative estimate of drug-likeness (QED) is 0.524. The summed E-state index contributed by atoms with van der Waals surface area (Å²) in [4.78, 5) is 22.4. The van der Waals surface area contributed by atoms with E-state index in [-0.39, 0.29) is 5.95 Å². The number of hydrogen-bond acceptors (Lipinski definition) is 6. The van der Waals surface area contributed by atoms with Crippen molar-refractivity contribution in [3.05, 3.63) is 24.5 Å². The van der Waals surface area contributed by atoms with Crippen molar-refractivity contribution in [3.63, 3.8) is 0 Å². The van der Waals surface area contributed by atoms with E-state index < -0.39 is 0 Å². The maximum absolute atomic E-state index is 5.62. The molecule has 0 atom stereocenters. The molecule has 0 unspecified atom stereocenters. The van der Waals surface area contributed by atoms with Crippen LogP contribution in [0.1, 0.15) is 5.82 Å². The van der Waals surface area contributed by atoms with Gasteiger partial charge in [0.15, 0.2) is 11.5 Å². The van der Waals surface area contributed by atoms with E-state index >= 15 is 0 Å². The molecule has 3 rings (SSSR count). The highest BCUT2D eigenvalue weighted by molar-refractivity contribution is 5.83. The summed E-state index contributed by atoms with van der Waals surface area (Å²) in [5.74, 6) is 1.78. The van der Waals surface area contributed by atoms with Crippen LogP contribution in [0.5, 0.6) is 0 Å². The van der Waals surface area contributed by atoms with Crippen LogP contribution in [0.25, 0.3) is 11.2 Å². The van der Waals surface area contributed by atoms with E-state index in [0.717, 1.165) is 17.8 Å². The molecule has 0 bridgehead atoms. The summed E-state index contributed by atoms with van der Waals surface area (Å²) in [5.41, 5.74) is 6.93. The largest absolute Gasteiger partial charge is 0.368 e. The summed E-state index contributed by atoms with van der Waals surface area (Å²) in [5, 5.41) is 3.19. The van der Waals surface area contributed by atoms with Crippen molar-refractivity contribution in [2.45, 2.75) is 6.42 Å². The number of H-pyrrole nitrogens is 2. The van der Waals surface area contributed by atoms with E-state index in [9.17, 15) is 0 Å². The molecule has 0 saturated carbocycles. The Balaban J connectivity index is 1.75. The van der Waals surface area contributed by atoms with Crippen molar-refractivity contribution in [1.29, 1.82) is 0 Å². The molecule has 0 aliphatic rings. The van der Waals surface area contributed by atoms with Gasteiger partial charge in [-0.05, 0) is 0 Å². The van der Waals surface area contributed by atoms with E-state index in [4.69, 9.17) is 5.73 Å². The molecular weight excluding hydrogens is 232 g/mol. The minimum absolute atomic E-state index is 0.204. The number of nitrogens with zero attached hydrogens (tertiary/aromatic N) is 4. The molecule has 5 N–H and O–H groups in total. The molecule has 3 heterocycles. The lowest BCUT2D eigenvalue weighted by Crippen LogP contribution is -2.09. The summed E-state index contributed by atoms with van der Waals surface area (Å²) in [6.45, 7) is 0.693. The van der Waals surface area contributed by atoms with E-state index in [2.05, 4.69) is 35.2 Å². The van der Waals surface area contributed by atoms with Crippen molar-refractivity contribution in [2.75, 3.05) is 17.6 Å². The van der Waals surface area contributed by atoms with Gasteiger partial charge in [-0.2, -0.15) is 9.97 Å². The fourth-order valence-corrected chi connectivity index (χ4v) is 1.71. The van der Waals surface area contributed by atoms with E-state index in [0.29, 0.717) is 18.0 Å². The second-order valence-corrected chi connectivity index (χ2v) is 3.74. The second-order valence-electron chi connectivity index (χ2n) is 3.74. The van der Waals surface area contributed by atoms with E-state index in [1.165, 1.54) is 0 Å². The number of nitrogens with one attached hydrogen (secondary N) is 3. The standard InChI is InChI=1S/C10H12N8/c11-10-17-8(7-9(18-10)16-5-15-7)14-2-1-6-12-3-4-13-6/h3-5H,1-2H2,(H,12,13)(H4,11,14,15,16,17,18). The van der Waals surface area contributed by atoms with Crippen LogP contribution >= 0.6 is 0 Å². The van der Waals surface area contributed by atoms with Gasteiger partial charge in [0.05, 0.1) is 6.33 Å². The number of fused-ring (bicyclic) bond motifs is 1. The molecule has 92 valence electrons. The normalized spacial score (nSPS) is 10.9. The minimum atomic E-state index is 0.204. The summed E-state index contributed by atoms with van der Waals surface area (Å²) >= 11 is 0. The molecule has 3 aromatic rings. The number of aromatic amines is 2. The van der Waals surface area contributed by atoms with Crippen LogP contribution in [0.15, 0.2) is 18.7 Å². The fourth-order valence-electron chi connectivity index (χ4n) is 1.71. The predicted molar refractivity (Wildman–Crippen MR) is 66.9 cm³/mol. The molecule has 8 heteroatoms. The fraction of sp³-hybridized carbons (Fsp3) is 0.200. The Kier molecular flexibility index (Phi) is 2.52. The molecular formula is C10H12N8. The van der Waals surface area contributed by atoms with Gasteiger partial charge in [-0.15, -0.1) is 0 Å². The zero-order valence-corrected chi connectivity index (χ0v) is 9.51. The first-order chi connectivity index (χ1) is 8.83. The molecule has 0 amide bonds. The van der Waals surface area contributed by atoms with Crippen LogP contribution in [-0.4, -0.2) is 36.4 Å². The Bertz CT molecular complexity index is 641. The molecule has 3 aromatic heterocycles. The Morgan fingerprint density at radius 3 is 3.00 bits per heavy atom. The number of anilines is 2. The van der Waals surface area contributed by atoms with Gasteiger partial charge in [0.1, 0.15) is 11.3 Å². The van der Waals surface area contributed by atoms with Crippen LogP contribution < -0.4 is 11.1 Å². The van der Waals surface area contributed by atoms with Crippen molar-refractivity contribution >= 4 is 22.9 Å². The molecule has 0 aromatic carbocycles. The zero-order chi connectivity index (χ0) is 12.4. The summed E-state index contributed by atoms with van der Waals surface area (Å²) in [7, 11) is 0. The van der Waals surface area contributed by atoms with Gasteiger partial charge in [0.2, 0.25) is 5.95 Å². The van der Waals surface area contributed by atoms with Crippen molar-refractivity contribution in [1.82, 2.24) is 29.9 Å². The third-order valence-corrected chi connectivity index (χ3v) is 2.51. The lowest BCUT2D eigenvalue weighted by molar-refractivity contribution is 0.922. The maximum atomic E-state index is 5.62. The number of aromatic nitrogens is 6. The molecule has 0 aliphatic carbocycles. The van der Waals surface area contributed by atoms with Crippen LogP contribution in [0.4, 0.5) is 11.8 Å².